The molecule has 1 aromatic carbocycles. The Bertz CT molecular complexity index is 2280. The highest BCUT2D eigenvalue weighted by molar-refractivity contribution is 7.10. The molecule has 0 spiro atoms. The smallest absolute Gasteiger partial charge is 0.324 e. The number of esters is 1. The van der Waals surface area contributed by atoms with Crippen molar-refractivity contribution >= 4 is 45.7 Å². The van der Waals surface area contributed by atoms with Crippen molar-refractivity contribution in [1.82, 2.24) is 40.1 Å². The molecule has 6 bridgehead atoms. The molecule has 3 atom stereocenters. The van der Waals surface area contributed by atoms with Gasteiger partial charge in [0, 0.05) is 85.6 Å². The first-order chi connectivity index (χ1) is 29.2. The number of aromatic nitrogens is 3. The van der Waals surface area contributed by atoms with Gasteiger partial charge in [-0.1, -0.05) is 19.9 Å². The number of aryl methyl sites for hydroxylation is 1. The van der Waals surface area contributed by atoms with E-state index in [1.54, 1.807) is 7.11 Å². The van der Waals surface area contributed by atoms with E-state index in [2.05, 4.69) is 77.2 Å². The highest BCUT2D eigenvalue weighted by Gasteiger charge is 2.49. The fraction of sp³-hybridized carbons (Fsp3) is 0.578. The van der Waals surface area contributed by atoms with E-state index < -0.39 is 29.0 Å². The van der Waals surface area contributed by atoms with Gasteiger partial charge in [0.2, 0.25) is 5.91 Å². The molecule has 16 heteroatoms. The summed E-state index contributed by atoms with van der Waals surface area (Å²) in [6, 6.07) is 7.16. The minimum atomic E-state index is -0.932. The zero-order valence-electron chi connectivity index (χ0n) is 36.9. The quantitative estimate of drug-likeness (QED) is 0.244. The Balaban J connectivity index is 1.25. The average molecular weight is 856 g/mol. The lowest BCUT2D eigenvalue weighted by Crippen LogP contribution is -2.70. The van der Waals surface area contributed by atoms with Crippen LogP contribution in [-0.2, 0) is 48.0 Å². The van der Waals surface area contributed by atoms with Crippen LogP contribution in [0.5, 0.6) is 0 Å². The predicted molar refractivity (Wildman–Crippen MR) is 236 cm³/mol. The van der Waals surface area contributed by atoms with Gasteiger partial charge < -0.3 is 33.9 Å². The Morgan fingerprint density at radius 1 is 1.11 bits per heavy atom. The first kappa shape index (κ1) is 43.2. The number of benzene rings is 1. The molecular formula is C45H61N9O6S. The van der Waals surface area contributed by atoms with E-state index in [9.17, 15) is 14.4 Å². The van der Waals surface area contributed by atoms with Crippen molar-refractivity contribution < 1.29 is 28.6 Å². The Morgan fingerprint density at radius 2 is 1.89 bits per heavy atom. The number of piperazine rings is 1. The lowest BCUT2D eigenvalue weighted by Gasteiger charge is -2.45. The third-order valence-electron chi connectivity index (χ3n) is 13.0. The highest BCUT2D eigenvalue weighted by Crippen LogP contribution is 2.43. The third-order valence-corrected chi connectivity index (χ3v) is 13.9. The van der Waals surface area contributed by atoms with Crippen molar-refractivity contribution in [3.05, 3.63) is 52.1 Å². The summed E-state index contributed by atoms with van der Waals surface area (Å²) in [4.78, 5) is 59.0. The van der Waals surface area contributed by atoms with Gasteiger partial charge in [-0.3, -0.25) is 29.3 Å². The summed E-state index contributed by atoms with van der Waals surface area (Å²) in [6.07, 6.45) is 3.63. The summed E-state index contributed by atoms with van der Waals surface area (Å²) < 4.78 is 20.0. The van der Waals surface area contributed by atoms with Gasteiger partial charge in [-0.25, -0.2) is 10.4 Å². The van der Waals surface area contributed by atoms with Crippen LogP contribution in [0.25, 0.3) is 33.4 Å². The number of nitrogens with one attached hydrogen (secondary N) is 2. The minimum absolute atomic E-state index is 0.166. The van der Waals surface area contributed by atoms with Crippen LogP contribution < -0.4 is 15.6 Å². The van der Waals surface area contributed by atoms with Crippen molar-refractivity contribution in [2.45, 2.75) is 83.6 Å². The van der Waals surface area contributed by atoms with Crippen molar-refractivity contribution in [2.24, 2.45) is 5.41 Å². The molecule has 0 aliphatic carbocycles. The lowest BCUT2D eigenvalue weighted by molar-refractivity contribution is -0.167. The predicted octanol–water partition coefficient (Wildman–Crippen LogP) is 4.28. The number of hydrazine groups is 1. The van der Waals surface area contributed by atoms with Gasteiger partial charge >= 0.3 is 5.97 Å². The van der Waals surface area contributed by atoms with Crippen LogP contribution in [-0.4, -0.2) is 146 Å². The van der Waals surface area contributed by atoms with Crippen LogP contribution in [0.3, 0.4) is 0 Å². The molecule has 0 unspecified atom stereocenters. The number of cyclic esters (lactones) is 1. The highest BCUT2D eigenvalue weighted by atomic mass is 32.1. The van der Waals surface area contributed by atoms with Crippen LogP contribution in [0.4, 0.5) is 5.69 Å². The second-order valence-corrected chi connectivity index (χ2v) is 19.1. The second-order valence-electron chi connectivity index (χ2n) is 18.1. The van der Waals surface area contributed by atoms with E-state index in [1.807, 2.05) is 37.5 Å². The molecule has 0 radical (unpaired) electrons. The molecule has 2 N–H and O–H groups in total. The summed E-state index contributed by atoms with van der Waals surface area (Å²) in [5.41, 5.74) is 9.84. The number of rotatable bonds is 8. The molecule has 4 aliphatic heterocycles. The molecule has 3 aromatic heterocycles. The zero-order valence-corrected chi connectivity index (χ0v) is 37.7. The van der Waals surface area contributed by atoms with Gasteiger partial charge in [0.05, 0.1) is 59.9 Å². The van der Waals surface area contributed by atoms with Crippen LogP contribution >= 0.6 is 11.3 Å². The van der Waals surface area contributed by atoms with E-state index in [0.717, 1.165) is 76.5 Å². The number of methoxy groups -OCH3 is 1. The van der Waals surface area contributed by atoms with Crippen molar-refractivity contribution in [3.8, 4) is 22.5 Å². The molecule has 3 saturated heterocycles. The van der Waals surface area contributed by atoms with Crippen LogP contribution in [0.2, 0.25) is 0 Å². The van der Waals surface area contributed by atoms with Gasteiger partial charge in [-0.2, -0.15) is 0 Å². The number of carbonyl (C=O) groups excluding carboxylic acids is 3. The van der Waals surface area contributed by atoms with Crippen LogP contribution in [0.15, 0.2) is 35.8 Å². The average Bonchev–Trinajstić information content (AvgIpc) is 3.82. The number of hydrogen-bond acceptors (Lipinski definition) is 13. The van der Waals surface area contributed by atoms with Crippen molar-refractivity contribution in [3.63, 3.8) is 0 Å². The molecule has 8 rings (SSSR count). The van der Waals surface area contributed by atoms with Gasteiger partial charge in [0.1, 0.15) is 17.6 Å². The van der Waals surface area contributed by atoms with Crippen molar-refractivity contribution in [2.75, 3.05) is 85.7 Å². The maximum Gasteiger partial charge on any atom is 0.324 e. The Morgan fingerprint density at radius 3 is 2.57 bits per heavy atom. The molecule has 3 fully saturated rings. The summed E-state index contributed by atoms with van der Waals surface area (Å²) in [7, 11) is 7.57. The molecule has 61 heavy (non-hydrogen) atoms. The van der Waals surface area contributed by atoms with Crippen LogP contribution in [0.1, 0.15) is 62.9 Å². The van der Waals surface area contributed by atoms with Crippen molar-refractivity contribution in [1.29, 1.82) is 0 Å². The number of carbonyl (C=O) groups is 3. The number of ether oxygens (including phenoxy) is 3. The van der Waals surface area contributed by atoms with E-state index >= 15 is 0 Å². The summed E-state index contributed by atoms with van der Waals surface area (Å²) >= 11 is 1.47. The molecule has 15 nitrogen and oxygen atoms in total. The first-order valence-electron chi connectivity index (χ1n) is 21.6. The number of thiazole rings is 1. The second kappa shape index (κ2) is 17.4. The number of pyridine rings is 1. The fourth-order valence-electron chi connectivity index (χ4n) is 9.02. The largest absolute Gasteiger partial charge is 0.464 e. The van der Waals surface area contributed by atoms with Gasteiger partial charge in [0.25, 0.3) is 5.91 Å². The third kappa shape index (κ3) is 8.42. The van der Waals surface area contributed by atoms with E-state index in [4.69, 9.17) is 24.2 Å². The fourth-order valence-corrected chi connectivity index (χ4v) is 9.87. The van der Waals surface area contributed by atoms with E-state index in [-0.39, 0.29) is 44.2 Å². The molecule has 7 heterocycles. The lowest BCUT2D eigenvalue weighted by atomic mass is 9.84. The van der Waals surface area contributed by atoms with E-state index in [1.165, 1.54) is 16.3 Å². The number of anilines is 1. The number of fused-ring (bicyclic) bond motifs is 6. The molecule has 4 aromatic rings. The number of amides is 2. The summed E-state index contributed by atoms with van der Waals surface area (Å²) in [5.74, 6) is -1.02. The zero-order chi connectivity index (χ0) is 43.2. The van der Waals surface area contributed by atoms with E-state index in [0.29, 0.717) is 37.4 Å². The maximum absolute atomic E-state index is 14.4. The molecule has 328 valence electrons. The maximum atomic E-state index is 14.4. The summed E-state index contributed by atoms with van der Waals surface area (Å²) in [5, 5.41) is 8.38. The monoisotopic (exact) mass is 855 g/mol. The normalized spacial score (nSPS) is 22.8. The SMILES string of the molecule is CCn1c(-c2cc(N3CCN(C)CC3)cnc2[C@H](C)OC)c2c3cc(ccc31)-c1csc(n1)C[C@H](NC(=O)C1(N(C)C)COC1)C(=O)N1CCC[C@H](N1)C(=O)OCC(C)(C)C2. The summed E-state index contributed by atoms with van der Waals surface area (Å²) in [6.45, 7) is 14.0. The Kier molecular flexibility index (Phi) is 12.3. The standard InChI is InChI=1S/C45H61N9O6S/c1-9-53-37-13-12-29-19-31(37)33(40(53)32-20-30(23-46-39(32)28(2)58-8)52-17-15-51(7)16-18-52)22-44(3,4)25-60-42(56)34-11-10-14-54(49-34)41(55)35(21-38-47-36(29)24-61-38)48-43(57)45(50(5)6)26-59-27-45/h12-13,19-20,23-24,28,34-35,49H,9-11,14-18,21-22,25-27H2,1-8H3,(H,48,57)/t28-,34-,35-/m0/s1. The molecule has 0 saturated carbocycles. The molecule has 2 amide bonds. The van der Waals surface area contributed by atoms with Gasteiger partial charge in [-0.05, 0) is 78.0 Å². The Labute approximate surface area is 362 Å². The molecular weight excluding hydrogens is 795 g/mol. The number of hydrogen-bond donors (Lipinski definition) is 2. The first-order valence-corrected chi connectivity index (χ1v) is 22.5. The number of likely N-dealkylation sites (N-methyl/N-ethyl adjacent to an activating group) is 2. The van der Waals surface area contributed by atoms with Gasteiger partial charge in [-0.15, -0.1) is 11.3 Å². The molecule has 4 aliphatic rings. The Hall–Kier alpha value is -4.45. The van der Waals surface area contributed by atoms with Crippen LogP contribution in [0, 0.1) is 5.41 Å². The topological polar surface area (TPSA) is 147 Å². The van der Waals surface area contributed by atoms with Gasteiger partial charge in [0.15, 0.2) is 0 Å². The number of nitrogens with zero attached hydrogens (tertiary/aromatic N) is 7. The minimum Gasteiger partial charge on any atom is -0.464 e.